The van der Waals surface area contributed by atoms with Gasteiger partial charge in [0.1, 0.15) is 5.69 Å². The van der Waals surface area contributed by atoms with Gasteiger partial charge in [-0.25, -0.2) is 4.98 Å². The Hall–Kier alpha value is -2.37. The van der Waals surface area contributed by atoms with Crippen molar-refractivity contribution in [1.82, 2.24) is 9.55 Å². The summed E-state index contributed by atoms with van der Waals surface area (Å²) < 4.78 is 1.98. The van der Waals surface area contributed by atoms with Crippen LogP contribution in [0.1, 0.15) is 12.0 Å². The zero-order valence-electron chi connectivity index (χ0n) is 10.7. The molecule has 6 heteroatoms. The monoisotopic (exact) mass is 260 g/mol. The smallest absolute Gasteiger partial charge is 0.292 e. The number of anilines is 1. The maximum Gasteiger partial charge on any atom is 0.292 e. The van der Waals surface area contributed by atoms with Gasteiger partial charge >= 0.3 is 0 Å². The van der Waals surface area contributed by atoms with Crippen molar-refractivity contribution in [2.45, 2.75) is 19.9 Å². The summed E-state index contributed by atoms with van der Waals surface area (Å²) in [5.74, 6) is 0. The Morgan fingerprint density at radius 2 is 2.32 bits per heavy atom. The highest BCUT2D eigenvalue weighted by atomic mass is 16.6. The Morgan fingerprint density at radius 1 is 1.47 bits per heavy atom. The second kappa shape index (κ2) is 5.99. The molecule has 0 aliphatic heterocycles. The minimum Gasteiger partial charge on any atom is -0.379 e. The summed E-state index contributed by atoms with van der Waals surface area (Å²) in [7, 11) is 0. The lowest BCUT2D eigenvalue weighted by molar-refractivity contribution is -0.384. The number of nitrogens with zero attached hydrogens (tertiary/aromatic N) is 3. The normalized spacial score (nSPS) is 10.4. The van der Waals surface area contributed by atoms with Crippen LogP contribution in [-0.2, 0) is 6.54 Å². The number of imidazole rings is 1. The van der Waals surface area contributed by atoms with Crippen LogP contribution >= 0.6 is 0 Å². The Bertz CT molecular complexity index is 552. The molecular weight excluding hydrogens is 244 g/mol. The van der Waals surface area contributed by atoms with Crippen LogP contribution in [0, 0.1) is 17.0 Å². The first kappa shape index (κ1) is 13.1. The fourth-order valence-electron chi connectivity index (χ4n) is 1.93. The molecule has 0 fully saturated rings. The molecule has 0 bridgehead atoms. The van der Waals surface area contributed by atoms with Crippen molar-refractivity contribution in [1.29, 1.82) is 0 Å². The predicted octanol–water partition coefficient (Wildman–Crippen LogP) is 2.60. The molecule has 1 aromatic carbocycles. The second-order valence-electron chi connectivity index (χ2n) is 4.31. The largest absolute Gasteiger partial charge is 0.379 e. The SMILES string of the molecule is Cc1cccc([N+](=O)[O-])c1NCCCn1ccnc1. The van der Waals surface area contributed by atoms with Crippen LogP contribution in [0.15, 0.2) is 36.9 Å². The highest BCUT2D eigenvalue weighted by Crippen LogP contribution is 2.27. The van der Waals surface area contributed by atoms with Gasteiger partial charge in [-0.2, -0.15) is 0 Å². The van der Waals surface area contributed by atoms with Crippen molar-refractivity contribution >= 4 is 11.4 Å². The highest BCUT2D eigenvalue weighted by Gasteiger charge is 2.14. The van der Waals surface area contributed by atoms with E-state index in [1.54, 1.807) is 18.6 Å². The van der Waals surface area contributed by atoms with Crippen LogP contribution in [0.4, 0.5) is 11.4 Å². The number of nitro groups is 1. The van der Waals surface area contributed by atoms with Crippen LogP contribution in [0.2, 0.25) is 0 Å². The molecule has 1 aromatic heterocycles. The molecule has 1 N–H and O–H groups in total. The van der Waals surface area contributed by atoms with E-state index in [-0.39, 0.29) is 10.6 Å². The molecule has 0 spiro atoms. The predicted molar refractivity (Wildman–Crippen MR) is 73.2 cm³/mol. The lowest BCUT2D eigenvalue weighted by Crippen LogP contribution is -2.08. The molecule has 100 valence electrons. The van der Waals surface area contributed by atoms with E-state index in [0.29, 0.717) is 12.2 Å². The molecule has 0 radical (unpaired) electrons. The van der Waals surface area contributed by atoms with Crippen LogP contribution in [0.3, 0.4) is 0 Å². The third-order valence-corrected chi connectivity index (χ3v) is 2.90. The van der Waals surface area contributed by atoms with Crippen molar-refractivity contribution in [2.75, 3.05) is 11.9 Å². The molecule has 0 aliphatic carbocycles. The number of aryl methyl sites for hydroxylation is 2. The topological polar surface area (TPSA) is 73.0 Å². The third kappa shape index (κ3) is 3.31. The van der Waals surface area contributed by atoms with Gasteiger partial charge in [0.25, 0.3) is 5.69 Å². The van der Waals surface area contributed by atoms with E-state index in [1.165, 1.54) is 6.07 Å². The number of para-hydroxylation sites is 1. The van der Waals surface area contributed by atoms with E-state index >= 15 is 0 Å². The van der Waals surface area contributed by atoms with E-state index < -0.39 is 0 Å². The summed E-state index contributed by atoms with van der Waals surface area (Å²) in [6.07, 6.45) is 6.27. The minimum absolute atomic E-state index is 0.127. The summed E-state index contributed by atoms with van der Waals surface area (Å²) >= 11 is 0. The molecule has 0 aliphatic rings. The lowest BCUT2D eigenvalue weighted by Gasteiger charge is -2.10. The molecule has 19 heavy (non-hydrogen) atoms. The van der Waals surface area contributed by atoms with Crippen molar-refractivity contribution in [3.8, 4) is 0 Å². The maximum absolute atomic E-state index is 10.9. The van der Waals surface area contributed by atoms with Gasteiger partial charge in [-0.3, -0.25) is 10.1 Å². The maximum atomic E-state index is 10.9. The Kier molecular flexibility index (Phi) is 4.12. The summed E-state index contributed by atoms with van der Waals surface area (Å²) in [5, 5.41) is 14.1. The standard InChI is InChI=1S/C13H16N4O2/c1-11-4-2-5-12(17(18)19)13(11)15-6-3-8-16-9-7-14-10-16/h2,4-5,7,9-10,15H,3,6,8H2,1H3. The zero-order chi connectivity index (χ0) is 13.7. The van der Waals surface area contributed by atoms with Gasteiger partial charge in [0, 0.05) is 31.5 Å². The molecule has 0 atom stereocenters. The fourth-order valence-corrected chi connectivity index (χ4v) is 1.93. The molecule has 0 unspecified atom stereocenters. The van der Waals surface area contributed by atoms with E-state index in [9.17, 15) is 10.1 Å². The van der Waals surface area contributed by atoms with Gasteiger partial charge in [0.15, 0.2) is 0 Å². The van der Waals surface area contributed by atoms with E-state index in [0.717, 1.165) is 18.5 Å². The Labute approximate surface area is 111 Å². The molecule has 0 saturated carbocycles. The quantitative estimate of drug-likeness (QED) is 0.492. The molecule has 6 nitrogen and oxygen atoms in total. The first-order valence-electron chi connectivity index (χ1n) is 6.12. The first-order chi connectivity index (χ1) is 9.18. The molecule has 0 saturated heterocycles. The number of benzene rings is 1. The molecule has 2 aromatic rings. The molecule has 2 rings (SSSR count). The average Bonchev–Trinajstić information content (AvgIpc) is 2.88. The van der Waals surface area contributed by atoms with E-state index in [4.69, 9.17) is 0 Å². The third-order valence-electron chi connectivity index (χ3n) is 2.90. The fraction of sp³-hybridized carbons (Fsp3) is 0.308. The summed E-state index contributed by atoms with van der Waals surface area (Å²) in [4.78, 5) is 14.6. The minimum atomic E-state index is -0.356. The van der Waals surface area contributed by atoms with Crippen LogP contribution in [-0.4, -0.2) is 21.0 Å². The van der Waals surface area contributed by atoms with Crippen molar-refractivity contribution in [2.24, 2.45) is 0 Å². The van der Waals surface area contributed by atoms with Gasteiger partial charge in [-0.05, 0) is 18.9 Å². The number of aromatic nitrogens is 2. The van der Waals surface area contributed by atoms with Crippen molar-refractivity contribution in [3.05, 3.63) is 52.6 Å². The van der Waals surface area contributed by atoms with Crippen LogP contribution < -0.4 is 5.32 Å². The Morgan fingerprint density at radius 3 is 3.00 bits per heavy atom. The highest BCUT2D eigenvalue weighted by molar-refractivity contribution is 5.65. The number of nitrogens with one attached hydrogen (secondary N) is 1. The Balaban J connectivity index is 1.93. The molecular formula is C13H16N4O2. The van der Waals surface area contributed by atoms with Crippen LogP contribution in [0.25, 0.3) is 0 Å². The average molecular weight is 260 g/mol. The second-order valence-corrected chi connectivity index (χ2v) is 4.31. The summed E-state index contributed by atoms with van der Waals surface area (Å²) in [5.41, 5.74) is 1.62. The summed E-state index contributed by atoms with van der Waals surface area (Å²) in [6.45, 7) is 3.39. The van der Waals surface area contributed by atoms with Crippen molar-refractivity contribution in [3.63, 3.8) is 0 Å². The number of hydrogen-bond acceptors (Lipinski definition) is 4. The number of rotatable bonds is 6. The van der Waals surface area contributed by atoms with Gasteiger partial charge < -0.3 is 9.88 Å². The first-order valence-corrected chi connectivity index (χ1v) is 6.12. The van der Waals surface area contributed by atoms with Crippen LogP contribution in [0.5, 0.6) is 0 Å². The van der Waals surface area contributed by atoms with E-state index in [1.807, 2.05) is 23.8 Å². The number of hydrogen-bond donors (Lipinski definition) is 1. The lowest BCUT2D eigenvalue weighted by atomic mass is 10.1. The zero-order valence-corrected chi connectivity index (χ0v) is 10.7. The van der Waals surface area contributed by atoms with Gasteiger partial charge in [0.2, 0.25) is 0 Å². The molecule has 1 heterocycles. The molecule has 0 amide bonds. The van der Waals surface area contributed by atoms with Crippen molar-refractivity contribution < 1.29 is 4.92 Å². The van der Waals surface area contributed by atoms with Gasteiger partial charge in [0.05, 0.1) is 11.3 Å². The van der Waals surface area contributed by atoms with E-state index in [2.05, 4.69) is 10.3 Å². The van der Waals surface area contributed by atoms with Gasteiger partial charge in [-0.15, -0.1) is 0 Å². The van der Waals surface area contributed by atoms with Gasteiger partial charge in [-0.1, -0.05) is 12.1 Å². The number of nitro benzene ring substituents is 1. The summed E-state index contributed by atoms with van der Waals surface area (Å²) in [6, 6.07) is 5.08.